The zero-order valence-electron chi connectivity index (χ0n) is 13.2. The van der Waals surface area contributed by atoms with Gasteiger partial charge in [-0.05, 0) is 23.8 Å². The molecular formula is C18H19BrO4. The van der Waals surface area contributed by atoms with Crippen LogP contribution in [0.2, 0.25) is 0 Å². The van der Waals surface area contributed by atoms with Gasteiger partial charge in [-0.2, -0.15) is 0 Å². The van der Waals surface area contributed by atoms with Gasteiger partial charge >= 0.3 is 0 Å². The number of hydrogen-bond donors (Lipinski definition) is 1. The molecule has 23 heavy (non-hydrogen) atoms. The van der Waals surface area contributed by atoms with Crippen LogP contribution >= 0.6 is 15.9 Å². The summed E-state index contributed by atoms with van der Waals surface area (Å²) in [6.45, 7) is 0. The first kappa shape index (κ1) is 17.4. The number of aliphatic hydroxyl groups is 1. The molecule has 0 aliphatic heterocycles. The minimum Gasteiger partial charge on any atom is -0.493 e. The molecule has 0 bridgehead atoms. The standard InChI is InChI=1S/C18H19BrO4/c1-21-16-11-9-12(17(22-2)18(16)23-3)8-10-15(20)13-6-4-5-7-14(13)19/h4-11,15,20H,1-3H3/b10-8+. The summed E-state index contributed by atoms with van der Waals surface area (Å²) in [6.07, 6.45) is 2.76. The van der Waals surface area contributed by atoms with Crippen molar-refractivity contribution in [3.8, 4) is 17.2 Å². The SMILES string of the molecule is COc1ccc(/C=C/C(O)c2ccccc2Br)c(OC)c1OC. The molecule has 2 aromatic carbocycles. The molecule has 1 N–H and O–H groups in total. The van der Waals surface area contributed by atoms with Crippen molar-refractivity contribution < 1.29 is 19.3 Å². The quantitative estimate of drug-likeness (QED) is 0.817. The molecule has 0 aromatic heterocycles. The lowest BCUT2D eigenvalue weighted by atomic mass is 10.1. The zero-order valence-corrected chi connectivity index (χ0v) is 14.8. The Morgan fingerprint density at radius 3 is 2.26 bits per heavy atom. The van der Waals surface area contributed by atoms with E-state index in [1.165, 1.54) is 0 Å². The maximum atomic E-state index is 10.3. The fraction of sp³-hybridized carbons (Fsp3) is 0.222. The molecule has 0 aliphatic rings. The van der Waals surface area contributed by atoms with Crippen molar-refractivity contribution in [2.45, 2.75) is 6.10 Å². The number of rotatable bonds is 6. The summed E-state index contributed by atoms with van der Waals surface area (Å²) in [5.74, 6) is 1.67. The van der Waals surface area contributed by atoms with Gasteiger partial charge in [-0.25, -0.2) is 0 Å². The average Bonchev–Trinajstić information content (AvgIpc) is 2.58. The monoisotopic (exact) mass is 378 g/mol. The largest absolute Gasteiger partial charge is 0.493 e. The van der Waals surface area contributed by atoms with Gasteiger partial charge in [0.2, 0.25) is 5.75 Å². The molecule has 1 atom stereocenters. The van der Waals surface area contributed by atoms with Gasteiger partial charge in [0, 0.05) is 10.0 Å². The molecule has 0 fully saturated rings. The molecule has 122 valence electrons. The number of halogens is 1. The molecule has 0 saturated heterocycles. The Hall–Kier alpha value is -1.98. The van der Waals surface area contributed by atoms with Crippen molar-refractivity contribution in [2.24, 2.45) is 0 Å². The third-order valence-corrected chi connectivity index (χ3v) is 4.14. The summed E-state index contributed by atoms with van der Waals surface area (Å²) < 4.78 is 16.9. The van der Waals surface area contributed by atoms with Crippen molar-refractivity contribution in [2.75, 3.05) is 21.3 Å². The number of benzene rings is 2. The predicted octanol–water partition coefficient (Wildman–Crippen LogP) is 4.22. The minimum absolute atomic E-state index is 0.521. The van der Waals surface area contributed by atoms with E-state index >= 15 is 0 Å². The third kappa shape index (κ3) is 3.86. The van der Waals surface area contributed by atoms with Crippen LogP contribution in [-0.4, -0.2) is 26.4 Å². The molecule has 0 amide bonds. The van der Waals surface area contributed by atoms with Crippen LogP contribution in [0.5, 0.6) is 17.2 Å². The normalized spacial score (nSPS) is 12.2. The second kappa shape index (κ2) is 8.04. The van der Waals surface area contributed by atoms with Gasteiger partial charge in [-0.15, -0.1) is 0 Å². The molecule has 0 heterocycles. The van der Waals surface area contributed by atoms with Gasteiger partial charge < -0.3 is 19.3 Å². The summed E-state index contributed by atoms with van der Waals surface area (Å²) in [4.78, 5) is 0. The van der Waals surface area contributed by atoms with Crippen LogP contribution in [0.15, 0.2) is 46.9 Å². The number of aliphatic hydroxyl groups excluding tert-OH is 1. The first-order valence-corrected chi connectivity index (χ1v) is 7.81. The van der Waals surface area contributed by atoms with E-state index in [1.54, 1.807) is 39.5 Å². The smallest absolute Gasteiger partial charge is 0.203 e. The fourth-order valence-electron chi connectivity index (χ4n) is 2.27. The molecule has 1 unspecified atom stereocenters. The highest BCUT2D eigenvalue weighted by atomic mass is 79.9. The maximum absolute atomic E-state index is 10.3. The summed E-state index contributed by atoms with van der Waals surface area (Å²) in [6, 6.07) is 11.2. The van der Waals surface area contributed by atoms with Crippen molar-refractivity contribution >= 4 is 22.0 Å². The van der Waals surface area contributed by atoms with Gasteiger partial charge in [0.25, 0.3) is 0 Å². The van der Waals surface area contributed by atoms with Gasteiger partial charge in [-0.1, -0.05) is 46.3 Å². The predicted molar refractivity (Wildman–Crippen MR) is 94.2 cm³/mol. The highest BCUT2D eigenvalue weighted by molar-refractivity contribution is 9.10. The lowest BCUT2D eigenvalue weighted by molar-refractivity contribution is 0.228. The highest BCUT2D eigenvalue weighted by Gasteiger charge is 2.15. The van der Waals surface area contributed by atoms with Crippen LogP contribution in [-0.2, 0) is 0 Å². The number of hydrogen-bond acceptors (Lipinski definition) is 4. The second-order valence-electron chi connectivity index (χ2n) is 4.75. The lowest BCUT2D eigenvalue weighted by Gasteiger charge is -2.14. The Morgan fingerprint density at radius 1 is 0.957 bits per heavy atom. The van der Waals surface area contributed by atoms with Crippen LogP contribution in [0, 0.1) is 0 Å². The summed E-state index contributed by atoms with van der Waals surface area (Å²) in [7, 11) is 4.70. The molecule has 4 nitrogen and oxygen atoms in total. The van der Waals surface area contributed by atoms with E-state index < -0.39 is 6.10 Å². The van der Waals surface area contributed by atoms with Gasteiger partial charge in [0.1, 0.15) is 0 Å². The fourth-order valence-corrected chi connectivity index (χ4v) is 2.79. The Balaban J connectivity index is 2.34. The van der Waals surface area contributed by atoms with Crippen molar-refractivity contribution in [3.05, 3.63) is 58.1 Å². The molecule has 2 aromatic rings. The van der Waals surface area contributed by atoms with Gasteiger partial charge in [0.15, 0.2) is 11.5 Å². The lowest BCUT2D eigenvalue weighted by Crippen LogP contribution is -1.97. The van der Waals surface area contributed by atoms with Crippen LogP contribution in [0.1, 0.15) is 17.2 Å². The van der Waals surface area contributed by atoms with Crippen LogP contribution in [0.3, 0.4) is 0 Å². The molecule has 2 rings (SSSR count). The summed E-state index contributed by atoms with van der Waals surface area (Å²) in [5.41, 5.74) is 1.58. The topological polar surface area (TPSA) is 47.9 Å². The molecule has 0 saturated carbocycles. The van der Waals surface area contributed by atoms with E-state index in [9.17, 15) is 5.11 Å². The van der Waals surface area contributed by atoms with E-state index in [4.69, 9.17) is 14.2 Å². The molecule has 0 aliphatic carbocycles. The number of ether oxygens (including phenoxy) is 3. The van der Waals surface area contributed by atoms with E-state index in [0.29, 0.717) is 17.2 Å². The van der Waals surface area contributed by atoms with E-state index in [0.717, 1.165) is 15.6 Å². The van der Waals surface area contributed by atoms with Gasteiger partial charge in [-0.3, -0.25) is 0 Å². The zero-order chi connectivity index (χ0) is 16.8. The Kier molecular flexibility index (Phi) is 6.07. The molecule has 0 radical (unpaired) electrons. The van der Waals surface area contributed by atoms with Crippen molar-refractivity contribution in [1.82, 2.24) is 0 Å². The second-order valence-corrected chi connectivity index (χ2v) is 5.60. The van der Waals surface area contributed by atoms with Crippen molar-refractivity contribution in [1.29, 1.82) is 0 Å². The first-order chi connectivity index (χ1) is 11.1. The van der Waals surface area contributed by atoms with Crippen molar-refractivity contribution in [3.63, 3.8) is 0 Å². The third-order valence-electron chi connectivity index (χ3n) is 3.42. The van der Waals surface area contributed by atoms with Crippen LogP contribution in [0.4, 0.5) is 0 Å². The Bertz CT molecular complexity index is 697. The Labute approximate surface area is 144 Å². The van der Waals surface area contributed by atoms with Gasteiger partial charge in [0.05, 0.1) is 27.4 Å². The average molecular weight is 379 g/mol. The molecule has 0 spiro atoms. The van der Waals surface area contributed by atoms with E-state index in [2.05, 4.69) is 15.9 Å². The van der Waals surface area contributed by atoms with Crippen LogP contribution < -0.4 is 14.2 Å². The van der Waals surface area contributed by atoms with E-state index in [-0.39, 0.29) is 0 Å². The van der Waals surface area contributed by atoms with Crippen LogP contribution in [0.25, 0.3) is 6.08 Å². The number of methoxy groups -OCH3 is 3. The molecule has 5 heteroatoms. The molecular weight excluding hydrogens is 360 g/mol. The maximum Gasteiger partial charge on any atom is 0.203 e. The summed E-state index contributed by atoms with van der Waals surface area (Å²) in [5, 5.41) is 10.3. The summed E-state index contributed by atoms with van der Waals surface area (Å²) >= 11 is 3.44. The minimum atomic E-state index is -0.733. The Morgan fingerprint density at radius 2 is 1.65 bits per heavy atom. The first-order valence-electron chi connectivity index (χ1n) is 7.02. The van der Waals surface area contributed by atoms with E-state index in [1.807, 2.05) is 30.3 Å². The highest BCUT2D eigenvalue weighted by Crippen LogP contribution is 2.40.